The highest BCUT2D eigenvalue weighted by molar-refractivity contribution is 5.89. The summed E-state index contributed by atoms with van der Waals surface area (Å²) >= 11 is 0. The van der Waals surface area contributed by atoms with Gasteiger partial charge in [-0.1, -0.05) is 6.92 Å². The summed E-state index contributed by atoms with van der Waals surface area (Å²) in [6.07, 6.45) is 1.07. The highest BCUT2D eigenvalue weighted by Crippen LogP contribution is 2.12. The van der Waals surface area contributed by atoms with Crippen molar-refractivity contribution in [1.82, 2.24) is 0 Å². The van der Waals surface area contributed by atoms with Crippen molar-refractivity contribution in [3.05, 3.63) is 29.8 Å². The predicted molar refractivity (Wildman–Crippen MR) is 65.8 cm³/mol. The van der Waals surface area contributed by atoms with Crippen LogP contribution < -0.4 is 5.32 Å². The van der Waals surface area contributed by atoms with Crippen LogP contribution in [0.4, 0.5) is 5.69 Å². The number of carbonyl (C=O) groups is 1. The minimum Gasteiger partial charge on any atom is -0.462 e. The van der Waals surface area contributed by atoms with Crippen LogP contribution in [0.15, 0.2) is 24.3 Å². The molecule has 3 heteroatoms. The van der Waals surface area contributed by atoms with Gasteiger partial charge in [0.2, 0.25) is 0 Å². The summed E-state index contributed by atoms with van der Waals surface area (Å²) in [6.45, 7) is 6.46. The van der Waals surface area contributed by atoms with Crippen molar-refractivity contribution in [2.24, 2.45) is 0 Å². The second-order valence-corrected chi connectivity index (χ2v) is 3.75. The lowest BCUT2D eigenvalue weighted by Gasteiger charge is -2.12. The fraction of sp³-hybridized carbons (Fsp3) is 0.462. The first-order valence-corrected chi connectivity index (χ1v) is 5.71. The molecule has 0 spiro atoms. The maximum absolute atomic E-state index is 11.4. The van der Waals surface area contributed by atoms with E-state index in [1.165, 1.54) is 0 Å². The maximum Gasteiger partial charge on any atom is 0.338 e. The molecule has 1 aromatic rings. The highest BCUT2D eigenvalue weighted by Gasteiger charge is 2.05. The van der Waals surface area contributed by atoms with Crippen molar-refractivity contribution in [3.8, 4) is 0 Å². The Balaban J connectivity index is 2.64. The van der Waals surface area contributed by atoms with Gasteiger partial charge in [0, 0.05) is 11.7 Å². The van der Waals surface area contributed by atoms with E-state index in [-0.39, 0.29) is 5.97 Å². The molecule has 0 saturated carbocycles. The van der Waals surface area contributed by atoms with Crippen molar-refractivity contribution in [3.63, 3.8) is 0 Å². The number of hydrogen-bond acceptors (Lipinski definition) is 3. The van der Waals surface area contributed by atoms with Crippen LogP contribution in [0.1, 0.15) is 37.6 Å². The number of nitrogens with one attached hydrogen (secondary N) is 1. The number of anilines is 1. The number of carbonyl (C=O) groups excluding carboxylic acids is 1. The van der Waals surface area contributed by atoms with Crippen LogP contribution in [0.3, 0.4) is 0 Å². The van der Waals surface area contributed by atoms with Gasteiger partial charge in [-0.3, -0.25) is 0 Å². The van der Waals surface area contributed by atoms with Crippen LogP contribution in [0, 0.1) is 0 Å². The summed E-state index contributed by atoms with van der Waals surface area (Å²) in [7, 11) is 0. The molecule has 0 fully saturated rings. The summed E-state index contributed by atoms with van der Waals surface area (Å²) < 4.78 is 4.91. The Labute approximate surface area is 96.8 Å². The molecule has 0 bridgehead atoms. The highest BCUT2D eigenvalue weighted by atomic mass is 16.5. The SMILES string of the molecule is CCOC(=O)c1ccc(NC(C)CC)cc1. The molecule has 3 nitrogen and oxygen atoms in total. The number of benzene rings is 1. The van der Waals surface area contributed by atoms with Gasteiger partial charge in [0.15, 0.2) is 0 Å². The van der Waals surface area contributed by atoms with Gasteiger partial charge in [-0.25, -0.2) is 4.79 Å². The van der Waals surface area contributed by atoms with Crippen molar-refractivity contribution >= 4 is 11.7 Å². The lowest BCUT2D eigenvalue weighted by atomic mass is 10.2. The Morgan fingerprint density at radius 3 is 2.44 bits per heavy atom. The molecule has 0 aliphatic heterocycles. The molecular formula is C13H19NO2. The fourth-order valence-corrected chi connectivity index (χ4v) is 1.30. The van der Waals surface area contributed by atoms with Gasteiger partial charge in [-0.05, 0) is 44.5 Å². The molecule has 1 rings (SSSR count). The molecule has 1 atom stereocenters. The van der Waals surface area contributed by atoms with Gasteiger partial charge in [-0.2, -0.15) is 0 Å². The molecule has 1 N–H and O–H groups in total. The zero-order valence-electron chi connectivity index (χ0n) is 10.1. The first kappa shape index (κ1) is 12.6. The van der Waals surface area contributed by atoms with E-state index in [9.17, 15) is 4.79 Å². The molecule has 0 aliphatic carbocycles. The van der Waals surface area contributed by atoms with Crippen molar-refractivity contribution in [2.45, 2.75) is 33.2 Å². The van der Waals surface area contributed by atoms with E-state index in [1.807, 2.05) is 12.1 Å². The Kier molecular flexibility index (Phi) is 4.83. The first-order chi connectivity index (χ1) is 7.67. The van der Waals surface area contributed by atoms with Crippen LogP contribution >= 0.6 is 0 Å². The van der Waals surface area contributed by atoms with E-state index in [4.69, 9.17) is 4.74 Å². The molecule has 0 radical (unpaired) electrons. The van der Waals surface area contributed by atoms with Gasteiger partial charge in [-0.15, -0.1) is 0 Å². The molecular weight excluding hydrogens is 202 g/mol. The predicted octanol–water partition coefficient (Wildman–Crippen LogP) is 3.07. The first-order valence-electron chi connectivity index (χ1n) is 5.71. The van der Waals surface area contributed by atoms with Crippen molar-refractivity contribution in [1.29, 1.82) is 0 Å². The molecule has 0 amide bonds. The van der Waals surface area contributed by atoms with Crippen molar-refractivity contribution < 1.29 is 9.53 Å². The van der Waals surface area contributed by atoms with Gasteiger partial charge < -0.3 is 10.1 Å². The van der Waals surface area contributed by atoms with E-state index in [1.54, 1.807) is 19.1 Å². The average molecular weight is 221 g/mol. The van der Waals surface area contributed by atoms with Crippen LogP contribution in [0.25, 0.3) is 0 Å². The smallest absolute Gasteiger partial charge is 0.338 e. The Morgan fingerprint density at radius 2 is 1.94 bits per heavy atom. The molecule has 0 heterocycles. The van der Waals surface area contributed by atoms with Crippen molar-refractivity contribution in [2.75, 3.05) is 11.9 Å². The van der Waals surface area contributed by atoms with Crippen LogP contribution in [0.5, 0.6) is 0 Å². The number of hydrogen-bond donors (Lipinski definition) is 1. The van der Waals surface area contributed by atoms with Gasteiger partial charge in [0.25, 0.3) is 0 Å². The summed E-state index contributed by atoms with van der Waals surface area (Å²) in [4.78, 5) is 11.4. The normalized spacial score (nSPS) is 11.9. The average Bonchev–Trinajstić information content (AvgIpc) is 2.30. The van der Waals surface area contributed by atoms with E-state index in [2.05, 4.69) is 19.2 Å². The second-order valence-electron chi connectivity index (χ2n) is 3.75. The van der Waals surface area contributed by atoms with Crippen LogP contribution in [-0.2, 0) is 4.74 Å². The minimum absolute atomic E-state index is 0.266. The maximum atomic E-state index is 11.4. The standard InChI is InChI=1S/C13H19NO2/c1-4-10(3)14-12-8-6-11(7-9-12)13(15)16-5-2/h6-10,14H,4-5H2,1-3H3. The molecule has 88 valence electrons. The van der Waals surface area contributed by atoms with Gasteiger partial charge in [0.1, 0.15) is 0 Å². The largest absolute Gasteiger partial charge is 0.462 e. The molecule has 0 aromatic heterocycles. The molecule has 1 aromatic carbocycles. The van der Waals surface area contributed by atoms with E-state index >= 15 is 0 Å². The van der Waals surface area contributed by atoms with Crippen LogP contribution in [-0.4, -0.2) is 18.6 Å². The summed E-state index contributed by atoms with van der Waals surface area (Å²) in [5.74, 6) is -0.266. The quantitative estimate of drug-likeness (QED) is 0.776. The zero-order chi connectivity index (χ0) is 12.0. The zero-order valence-corrected chi connectivity index (χ0v) is 10.1. The third-order valence-electron chi connectivity index (χ3n) is 2.42. The summed E-state index contributed by atoms with van der Waals surface area (Å²) in [6, 6.07) is 7.80. The van der Waals surface area contributed by atoms with E-state index < -0.39 is 0 Å². The fourth-order valence-electron chi connectivity index (χ4n) is 1.30. The number of esters is 1. The third kappa shape index (κ3) is 3.57. The Bertz CT molecular complexity index is 332. The number of rotatable bonds is 5. The molecule has 0 aliphatic rings. The molecule has 1 unspecified atom stereocenters. The Morgan fingerprint density at radius 1 is 1.31 bits per heavy atom. The van der Waals surface area contributed by atoms with E-state index in [0.717, 1.165) is 12.1 Å². The molecule has 16 heavy (non-hydrogen) atoms. The number of ether oxygens (including phenoxy) is 1. The topological polar surface area (TPSA) is 38.3 Å². The summed E-state index contributed by atoms with van der Waals surface area (Å²) in [5, 5.41) is 3.34. The minimum atomic E-state index is -0.266. The Hall–Kier alpha value is -1.51. The van der Waals surface area contributed by atoms with E-state index in [0.29, 0.717) is 18.2 Å². The van der Waals surface area contributed by atoms with Crippen LogP contribution in [0.2, 0.25) is 0 Å². The van der Waals surface area contributed by atoms with Gasteiger partial charge in [0.05, 0.1) is 12.2 Å². The summed E-state index contributed by atoms with van der Waals surface area (Å²) in [5.41, 5.74) is 1.62. The molecule has 0 saturated heterocycles. The lowest BCUT2D eigenvalue weighted by molar-refractivity contribution is 0.0526. The van der Waals surface area contributed by atoms with Gasteiger partial charge >= 0.3 is 5.97 Å². The lowest BCUT2D eigenvalue weighted by Crippen LogP contribution is -2.13. The third-order valence-corrected chi connectivity index (χ3v) is 2.42. The monoisotopic (exact) mass is 221 g/mol. The second kappa shape index (κ2) is 6.16.